The summed E-state index contributed by atoms with van der Waals surface area (Å²) in [6.45, 7) is 0.484. The molecule has 114 valence electrons. The minimum absolute atomic E-state index is 0.0850. The van der Waals surface area contributed by atoms with Crippen molar-refractivity contribution in [2.75, 3.05) is 13.2 Å². The summed E-state index contributed by atoms with van der Waals surface area (Å²) >= 11 is 3.28. The van der Waals surface area contributed by atoms with Crippen LogP contribution in [0.25, 0.3) is 0 Å². The summed E-state index contributed by atoms with van der Waals surface area (Å²) in [5.74, 6) is -0.272. The molecule has 1 saturated heterocycles. The second-order valence-electron chi connectivity index (χ2n) is 5.11. The van der Waals surface area contributed by atoms with Crippen molar-refractivity contribution in [2.24, 2.45) is 0 Å². The predicted molar refractivity (Wildman–Crippen MR) is 81.2 cm³/mol. The Bertz CT molecular complexity index is 550. The van der Waals surface area contributed by atoms with Gasteiger partial charge in [-0.05, 0) is 34.8 Å². The molecule has 1 amide bonds. The summed E-state index contributed by atoms with van der Waals surface area (Å²) in [6, 6.07) is 3.93. The summed E-state index contributed by atoms with van der Waals surface area (Å²) < 4.78 is 0.527. The van der Waals surface area contributed by atoms with Crippen LogP contribution in [0.1, 0.15) is 36.0 Å². The Kier molecular flexibility index (Phi) is 5.30. The zero-order valence-corrected chi connectivity index (χ0v) is 13.1. The van der Waals surface area contributed by atoms with Gasteiger partial charge in [0.05, 0.1) is 23.1 Å². The molecule has 1 aromatic rings. The second-order valence-corrected chi connectivity index (χ2v) is 5.96. The summed E-state index contributed by atoms with van der Waals surface area (Å²) in [5.41, 5.74) is 0.154. The average Bonchev–Trinajstić information content (AvgIpc) is 2.71. The van der Waals surface area contributed by atoms with Gasteiger partial charge in [-0.2, -0.15) is 0 Å². The monoisotopic (exact) mass is 356 g/mol. The topological polar surface area (TPSA) is 83.7 Å². The lowest BCUT2D eigenvalue weighted by atomic mass is 10.1. The number of nitrogens with zero attached hydrogens (tertiary/aromatic N) is 2. The smallest absolute Gasteiger partial charge is 0.270 e. The lowest BCUT2D eigenvalue weighted by molar-refractivity contribution is -0.384. The van der Waals surface area contributed by atoms with Crippen molar-refractivity contribution < 1.29 is 14.8 Å². The number of likely N-dealkylation sites (tertiary alicyclic amines) is 1. The largest absolute Gasteiger partial charge is 0.394 e. The molecule has 0 spiro atoms. The molecule has 0 radical (unpaired) electrons. The highest BCUT2D eigenvalue weighted by molar-refractivity contribution is 9.10. The SMILES string of the molecule is O=C(c1cc([N+](=O)[O-])ccc1Br)N1CCCCCC1CO. The molecule has 7 heteroatoms. The summed E-state index contributed by atoms with van der Waals surface area (Å²) in [6.07, 6.45) is 3.64. The highest BCUT2D eigenvalue weighted by Gasteiger charge is 2.27. The van der Waals surface area contributed by atoms with E-state index in [1.807, 2.05) is 0 Å². The fraction of sp³-hybridized carbons (Fsp3) is 0.500. The van der Waals surface area contributed by atoms with Gasteiger partial charge in [-0.25, -0.2) is 0 Å². The maximum absolute atomic E-state index is 12.7. The van der Waals surface area contributed by atoms with Crippen molar-refractivity contribution in [2.45, 2.75) is 31.7 Å². The first-order valence-electron chi connectivity index (χ1n) is 6.90. The van der Waals surface area contributed by atoms with Crippen molar-refractivity contribution in [3.8, 4) is 0 Å². The molecule has 1 aliphatic rings. The van der Waals surface area contributed by atoms with Gasteiger partial charge in [-0.3, -0.25) is 14.9 Å². The number of benzene rings is 1. The normalized spacial score (nSPS) is 19.1. The zero-order chi connectivity index (χ0) is 15.4. The Labute approximate surface area is 131 Å². The number of halogens is 1. The van der Waals surface area contributed by atoms with Crippen LogP contribution in [0.3, 0.4) is 0 Å². The van der Waals surface area contributed by atoms with E-state index in [0.717, 1.165) is 25.7 Å². The van der Waals surface area contributed by atoms with Gasteiger partial charge in [0.1, 0.15) is 0 Å². The quantitative estimate of drug-likeness (QED) is 0.666. The third-order valence-corrected chi connectivity index (χ3v) is 4.43. The molecule has 0 bridgehead atoms. The van der Waals surface area contributed by atoms with Crippen molar-refractivity contribution in [1.29, 1.82) is 0 Å². The lowest BCUT2D eigenvalue weighted by Crippen LogP contribution is -2.42. The number of aliphatic hydroxyl groups is 1. The number of nitro groups is 1. The van der Waals surface area contributed by atoms with Crippen LogP contribution in [0.4, 0.5) is 5.69 Å². The molecule has 1 atom stereocenters. The number of aliphatic hydroxyl groups excluding tert-OH is 1. The van der Waals surface area contributed by atoms with E-state index in [2.05, 4.69) is 15.9 Å². The van der Waals surface area contributed by atoms with E-state index in [9.17, 15) is 20.0 Å². The van der Waals surface area contributed by atoms with Crippen molar-refractivity contribution in [3.63, 3.8) is 0 Å². The highest BCUT2D eigenvalue weighted by Crippen LogP contribution is 2.26. The van der Waals surface area contributed by atoms with E-state index < -0.39 is 4.92 Å². The molecule has 2 rings (SSSR count). The molecule has 1 heterocycles. The molecular formula is C14H17BrN2O4. The number of rotatable bonds is 3. The molecule has 0 aliphatic carbocycles. The number of nitro benzene ring substituents is 1. The van der Waals surface area contributed by atoms with E-state index >= 15 is 0 Å². The predicted octanol–water partition coefficient (Wildman–Crippen LogP) is 2.73. The number of hydrogen-bond acceptors (Lipinski definition) is 4. The summed E-state index contributed by atoms with van der Waals surface area (Å²) in [4.78, 5) is 24.7. The number of carbonyl (C=O) groups excluding carboxylic acids is 1. The Morgan fingerprint density at radius 2 is 2.19 bits per heavy atom. The van der Waals surface area contributed by atoms with E-state index in [4.69, 9.17) is 0 Å². The van der Waals surface area contributed by atoms with Gasteiger partial charge in [0, 0.05) is 23.2 Å². The van der Waals surface area contributed by atoms with Gasteiger partial charge in [0.2, 0.25) is 0 Å². The van der Waals surface area contributed by atoms with Gasteiger partial charge < -0.3 is 10.0 Å². The number of hydrogen-bond donors (Lipinski definition) is 1. The maximum Gasteiger partial charge on any atom is 0.270 e. The van der Waals surface area contributed by atoms with E-state index in [1.54, 1.807) is 4.90 Å². The van der Waals surface area contributed by atoms with Crippen LogP contribution in [0.15, 0.2) is 22.7 Å². The van der Waals surface area contributed by atoms with Crippen LogP contribution in [-0.4, -0.2) is 40.0 Å². The molecule has 21 heavy (non-hydrogen) atoms. The van der Waals surface area contributed by atoms with E-state index in [0.29, 0.717) is 11.0 Å². The van der Waals surface area contributed by atoms with Crippen LogP contribution in [0, 0.1) is 10.1 Å². The Morgan fingerprint density at radius 3 is 2.86 bits per heavy atom. The van der Waals surface area contributed by atoms with Gasteiger partial charge in [0.25, 0.3) is 11.6 Å². The van der Waals surface area contributed by atoms with Crippen molar-refractivity contribution in [3.05, 3.63) is 38.3 Å². The molecule has 1 N–H and O–H groups in total. The third kappa shape index (κ3) is 3.59. The third-order valence-electron chi connectivity index (χ3n) is 3.74. The average molecular weight is 357 g/mol. The summed E-state index contributed by atoms with van der Waals surface area (Å²) in [7, 11) is 0. The van der Waals surface area contributed by atoms with Crippen LogP contribution < -0.4 is 0 Å². The zero-order valence-electron chi connectivity index (χ0n) is 11.5. The molecular weight excluding hydrogens is 340 g/mol. The second kappa shape index (κ2) is 7.00. The first-order chi connectivity index (χ1) is 10.0. The highest BCUT2D eigenvalue weighted by atomic mass is 79.9. The summed E-state index contributed by atoms with van der Waals surface area (Å²) in [5, 5.41) is 20.3. The van der Waals surface area contributed by atoms with E-state index in [1.165, 1.54) is 18.2 Å². The van der Waals surface area contributed by atoms with Crippen LogP contribution >= 0.6 is 15.9 Å². The Morgan fingerprint density at radius 1 is 1.43 bits per heavy atom. The van der Waals surface area contributed by atoms with Gasteiger partial charge in [-0.15, -0.1) is 0 Å². The van der Waals surface area contributed by atoms with Gasteiger partial charge >= 0.3 is 0 Å². The van der Waals surface area contributed by atoms with Gasteiger partial charge in [0.15, 0.2) is 0 Å². The fourth-order valence-corrected chi connectivity index (χ4v) is 3.00. The van der Waals surface area contributed by atoms with Crippen LogP contribution in [0.5, 0.6) is 0 Å². The lowest BCUT2D eigenvalue weighted by Gasteiger charge is -2.29. The number of non-ortho nitro benzene ring substituents is 1. The van der Waals surface area contributed by atoms with Gasteiger partial charge in [-0.1, -0.05) is 12.8 Å². The molecule has 1 aromatic carbocycles. The molecule has 0 saturated carbocycles. The fourth-order valence-electron chi connectivity index (χ4n) is 2.58. The van der Waals surface area contributed by atoms with Crippen molar-refractivity contribution >= 4 is 27.5 Å². The Balaban J connectivity index is 2.33. The minimum atomic E-state index is -0.519. The molecule has 1 unspecified atom stereocenters. The standard InChI is InChI=1S/C14H17BrN2O4/c15-13-6-5-10(17(20)21)8-12(13)14(19)16-7-3-1-2-4-11(16)9-18/h5-6,8,11,18H,1-4,7,9H2. The Hall–Kier alpha value is -1.47. The molecule has 1 fully saturated rings. The first-order valence-corrected chi connectivity index (χ1v) is 7.69. The molecule has 1 aliphatic heterocycles. The van der Waals surface area contributed by atoms with Crippen molar-refractivity contribution in [1.82, 2.24) is 4.90 Å². The maximum atomic E-state index is 12.7. The molecule has 0 aromatic heterocycles. The van der Waals surface area contributed by atoms with Crippen LogP contribution in [0.2, 0.25) is 0 Å². The molecule has 6 nitrogen and oxygen atoms in total. The number of amides is 1. The number of carbonyl (C=O) groups is 1. The first kappa shape index (κ1) is 15.9. The van der Waals surface area contributed by atoms with Crippen LogP contribution in [-0.2, 0) is 0 Å². The van der Waals surface area contributed by atoms with E-state index in [-0.39, 0.29) is 29.8 Å². The minimum Gasteiger partial charge on any atom is -0.394 e.